The van der Waals surface area contributed by atoms with E-state index < -0.39 is 0 Å². The number of anilines is 1. The molecule has 1 saturated heterocycles. The SMILES string of the molecule is COCCNCc1ccc(N2CCSC(C)C2)c(C#N)c1. The number of nitriles is 1. The maximum Gasteiger partial charge on any atom is 0.101 e. The zero-order valence-corrected chi connectivity index (χ0v) is 13.6. The third-order valence-electron chi connectivity index (χ3n) is 3.58. The number of hydrogen-bond donors (Lipinski definition) is 1. The number of nitrogens with one attached hydrogen (secondary N) is 1. The maximum absolute atomic E-state index is 9.43. The minimum atomic E-state index is 0.626. The van der Waals surface area contributed by atoms with Gasteiger partial charge in [-0.25, -0.2) is 0 Å². The summed E-state index contributed by atoms with van der Waals surface area (Å²) in [4.78, 5) is 2.34. The normalized spacial score (nSPS) is 18.5. The molecule has 0 aliphatic carbocycles. The first-order valence-corrected chi connectivity index (χ1v) is 8.38. The van der Waals surface area contributed by atoms with Gasteiger partial charge in [-0.2, -0.15) is 17.0 Å². The van der Waals surface area contributed by atoms with Gasteiger partial charge in [-0.15, -0.1) is 0 Å². The molecule has 114 valence electrons. The van der Waals surface area contributed by atoms with Crippen LogP contribution in [0.25, 0.3) is 0 Å². The Morgan fingerprint density at radius 3 is 3.10 bits per heavy atom. The Bertz CT molecular complexity index is 501. The molecule has 5 heteroatoms. The van der Waals surface area contributed by atoms with Crippen LogP contribution < -0.4 is 10.2 Å². The van der Waals surface area contributed by atoms with Crippen molar-refractivity contribution in [1.29, 1.82) is 5.26 Å². The van der Waals surface area contributed by atoms with Crippen molar-refractivity contribution in [3.05, 3.63) is 29.3 Å². The van der Waals surface area contributed by atoms with Gasteiger partial charge in [0.2, 0.25) is 0 Å². The molecule has 4 nitrogen and oxygen atoms in total. The van der Waals surface area contributed by atoms with Crippen LogP contribution in [0, 0.1) is 11.3 Å². The molecule has 21 heavy (non-hydrogen) atoms. The van der Waals surface area contributed by atoms with Crippen molar-refractivity contribution in [2.24, 2.45) is 0 Å². The minimum absolute atomic E-state index is 0.626. The third kappa shape index (κ3) is 4.63. The molecule has 1 aromatic rings. The predicted molar refractivity (Wildman–Crippen MR) is 88.9 cm³/mol. The lowest BCUT2D eigenvalue weighted by molar-refractivity contribution is 0.199. The summed E-state index contributed by atoms with van der Waals surface area (Å²) in [6.45, 7) is 6.58. The highest BCUT2D eigenvalue weighted by atomic mass is 32.2. The summed E-state index contributed by atoms with van der Waals surface area (Å²) in [5.74, 6) is 1.13. The van der Waals surface area contributed by atoms with Crippen molar-refractivity contribution < 1.29 is 4.74 Å². The first-order chi connectivity index (χ1) is 10.2. The Morgan fingerprint density at radius 2 is 2.38 bits per heavy atom. The lowest BCUT2D eigenvalue weighted by atomic mass is 10.1. The quantitative estimate of drug-likeness (QED) is 0.817. The first-order valence-electron chi connectivity index (χ1n) is 7.34. The summed E-state index contributed by atoms with van der Waals surface area (Å²) < 4.78 is 5.01. The lowest BCUT2D eigenvalue weighted by Crippen LogP contribution is -2.37. The van der Waals surface area contributed by atoms with Gasteiger partial charge in [-0.1, -0.05) is 13.0 Å². The van der Waals surface area contributed by atoms with Crippen molar-refractivity contribution in [3.63, 3.8) is 0 Å². The molecule has 0 radical (unpaired) electrons. The van der Waals surface area contributed by atoms with Crippen LogP contribution in [0.3, 0.4) is 0 Å². The summed E-state index contributed by atoms with van der Waals surface area (Å²) in [6, 6.07) is 8.56. The molecule has 0 aromatic heterocycles. The molecule has 1 aliphatic heterocycles. The molecule has 1 atom stereocenters. The van der Waals surface area contributed by atoms with E-state index in [0.29, 0.717) is 11.9 Å². The van der Waals surface area contributed by atoms with Crippen LogP contribution in [-0.2, 0) is 11.3 Å². The zero-order chi connectivity index (χ0) is 15.1. The summed E-state index contributed by atoms with van der Waals surface area (Å²) >= 11 is 2.00. The van der Waals surface area contributed by atoms with E-state index in [-0.39, 0.29) is 0 Å². The zero-order valence-electron chi connectivity index (χ0n) is 12.8. The number of hydrogen-bond acceptors (Lipinski definition) is 5. The van der Waals surface area contributed by atoms with Gasteiger partial charge in [-0.3, -0.25) is 0 Å². The van der Waals surface area contributed by atoms with Crippen molar-refractivity contribution in [2.45, 2.75) is 18.7 Å². The van der Waals surface area contributed by atoms with Crippen LogP contribution in [0.1, 0.15) is 18.1 Å². The second-order valence-corrected chi connectivity index (χ2v) is 6.81. The molecule has 0 amide bonds. The molecule has 1 aromatic carbocycles. The summed E-state index contributed by atoms with van der Waals surface area (Å²) in [5, 5.41) is 13.4. The number of thioether (sulfide) groups is 1. The Hall–Kier alpha value is -1.22. The summed E-state index contributed by atoms with van der Waals surface area (Å²) in [6.07, 6.45) is 0. The third-order valence-corrected chi connectivity index (χ3v) is 4.71. The molecular formula is C16H23N3OS. The molecule has 1 aliphatic rings. The Balaban J connectivity index is 2.04. The van der Waals surface area contributed by atoms with Crippen molar-refractivity contribution in [1.82, 2.24) is 5.32 Å². The van der Waals surface area contributed by atoms with E-state index in [1.807, 2.05) is 17.8 Å². The molecular weight excluding hydrogens is 282 g/mol. The van der Waals surface area contributed by atoms with Crippen LogP contribution in [0.4, 0.5) is 5.69 Å². The number of benzene rings is 1. The van der Waals surface area contributed by atoms with E-state index in [2.05, 4.69) is 35.3 Å². The highest BCUT2D eigenvalue weighted by molar-refractivity contribution is 8.00. The van der Waals surface area contributed by atoms with Crippen LogP contribution in [-0.4, -0.2) is 44.4 Å². The highest BCUT2D eigenvalue weighted by Crippen LogP contribution is 2.27. The molecule has 0 spiro atoms. The topological polar surface area (TPSA) is 48.3 Å². The fourth-order valence-corrected chi connectivity index (χ4v) is 3.52. The smallest absolute Gasteiger partial charge is 0.101 e. The van der Waals surface area contributed by atoms with Crippen molar-refractivity contribution in [2.75, 3.05) is 44.0 Å². The van der Waals surface area contributed by atoms with E-state index >= 15 is 0 Å². The second kappa shape index (κ2) is 8.28. The Morgan fingerprint density at radius 1 is 1.52 bits per heavy atom. The van der Waals surface area contributed by atoms with Gasteiger partial charge in [0.15, 0.2) is 0 Å². The van der Waals surface area contributed by atoms with Crippen LogP contribution in [0.2, 0.25) is 0 Å². The second-order valence-electron chi connectivity index (χ2n) is 5.26. The van der Waals surface area contributed by atoms with Gasteiger partial charge in [0, 0.05) is 44.3 Å². The fourth-order valence-electron chi connectivity index (χ4n) is 2.50. The average molecular weight is 305 g/mol. The van der Waals surface area contributed by atoms with Gasteiger partial charge >= 0.3 is 0 Å². The van der Waals surface area contributed by atoms with Crippen molar-refractivity contribution >= 4 is 17.4 Å². The highest BCUT2D eigenvalue weighted by Gasteiger charge is 2.19. The number of methoxy groups -OCH3 is 1. The Labute approximate surface area is 131 Å². The molecule has 1 fully saturated rings. The lowest BCUT2D eigenvalue weighted by Gasteiger charge is -2.33. The van der Waals surface area contributed by atoms with Crippen LogP contribution in [0.15, 0.2) is 18.2 Å². The molecule has 1 heterocycles. The number of nitrogens with zero attached hydrogens (tertiary/aromatic N) is 2. The summed E-state index contributed by atoms with van der Waals surface area (Å²) in [5.41, 5.74) is 3.00. The van der Waals surface area contributed by atoms with E-state index in [9.17, 15) is 5.26 Å². The van der Waals surface area contributed by atoms with Gasteiger partial charge in [0.1, 0.15) is 6.07 Å². The van der Waals surface area contributed by atoms with E-state index in [0.717, 1.165) is 48.7 Å². The standard InChI is InChI=1S/C16H23N3OS/c1-13-12-19(6-8-21-13)16-4-3-14(9-15(16)10-17)11-18-5-7-20-2/h3-4,9,13,18H,5-8,11-12H2,1-2H3. The molecule has 0 saturated carbocycles. The van der Waals surface area contributed by atoms with E-state index in [1.54, 1.807) is 7.11 Å². The van der Waals surface area contributed by atoms with E-state index in [1.165, 1.54) is 0 Å². The minimum Gasteiger partial charge on any atom is -0.383 e. The first kappa shape index (κ1) is 16.2. The molecule has 1 N–H and O–H groups in total. The predicted octanol–water partition coefficient (Wildman–Crippen LogP) is 2.24. The molecule has 0 bridgehead atoms. The summed E-state index contributed by atoms with van der Waals surface area (Å²) in [7, 11) is 1.70. The van der Waals surface area contributed by atoms with Gasteiger partial charge in [0.05, 0.1) is 17.9 Å². The van der Waals surface area contributed by atoms with Gasteiger partial charge in [0.25, 0.3) is 0 Å². The van der Waals surface area contributed by atoms with Crippen LogP contribution >= 0.6 is 11.8 Å². The average Bonchev–Trinajstić information content (AvgIpc) is 2.51. The molecule has 1 unspecified atom stereocenters. The van der Waals surface area contributed by atoms with Gasteiger partial charge in [-0.05, 0) is 17.7 Å². The fraction of sp³-hybridized carbons (Fsp3) is 0.562. The largest absolute Gasteiger partial charge is 0.383 e. The van der Waals surface area contributed by atoms with Crippen molar-refractivity contribution in [3.8, 4) is 6.07 Å². The van der Waals surface area contributed by atoms with Crippen LogP contribution in [0.5, 0.6) is 0 Å². The Kier molecular flexibility index (Phi) is 6.37. The van der Waals surface area contributed by atoms with E-state index in [4.69, 9.17) is 4.74 Å². The monoisotopic (exact) mass is 305 g/mol. The van der Waals surface area contributed by atoms with Gasteiger partial charge < -0.3 is 15.0 Å². The maximum atomic E-state index is 9.43. The number of rotatable bonds is 6. The molecule has 2 rings (SSSR count). The number of ether oxygens (including phenoxy) is 1.